The first-order valence-corrected chi connectivity index (χ1v) is 7.93. The Labute approximate surface area is 130 Å². The monoisotopic (exact) mass is 313 g/mol. The number of rotatable bonds is 4. The number of hydrogen-bond donors (Lipinski definition) is 0. The van der Waals surface area contributed by atoms with Gasteiger partial charge in [0.05, 0.1) is 9.13 Å². The Morgan fingerprint density at radius 2 is 1.76 bits per heavy atom. The van der Waals surface area contributed by atoms with Gasteiger partial charge in [0.15, 0.2) is 0 Å². The molecule has 0 aliphatic heterocycles. The average Bonchev–Trinajstić information content (AvgIpc) is 2.97. The summed E-state index contributed by atoms with van der Waals surface area (Å²) in [6, 6.07) is 21.0. The van der Waals surface area contributed by atoms with Gasteiger partial charge in [-0.25, -0.2) is 0 Å². The van der Waals surface area contributed by atoms with E-state index in [1.54, 1.807) is 35.2 Å². The third-order valence-electron chi connectivity index (χ3n) is 2.88. The number of hydrogen-bond acceptors (Lipinski definition) is 4. The third-order valence-corrected chi connectivity index (χ3v) is 5.16. The van der Waals surface area contributed by atoms with E-state index in [0.717, 1.165) is 10.4 Å². The van der Waals surface area contributed by atoms with E-state index in [9.17, 15) is 10.1 Å². The molecule has 5 heteroatoms. The van der Waals surface area contributed by atoms with Gasteiger partial charge in [-0.05, 0) is 29.8 Å². The van der Waals surface area contributed by atoms with Crippen LogP contribution < -0.4 is 0 Å². The van der Waals surface area contributed by atoms with Gasteiger partial charge in [0, 0.05) is 21.9 Å². The molecule has 104 valence electrons. The zero-order valence-electron chi connectivity index (χ0n) is 10.9. The minimum Gasteiger partial charge on any atom is -0.258 e. The van der Waals surface area contributed by atoms with Crippen LogP contribution >= 0.6 is 23.1 Å². The van der Waals surface area contributed by atoms with Crippen molar-refractivity contribution >= 4 is 28.8 Å². The summed E-state index contributed by atoms with van der Waals surface area (Å²) in [5, 5.41) is 10.8. The highest BCUT2D eigenvalue weighted by atomic mass is 32.2. The van der Waals surface area contributed by atoms with Gasteiger partial charge in [-0.3, -0.25) is 10.1 Å². The zero-order valence-corrected chi connectivity index (χ0v) is 12.6. The molecular formula is C16H11NO2S2. The van der Waals surface area contributed by atoms with Crippen LogP contribution in [0, 0.1) is 10.1 Å². The molecular weight excluding hydrogens is 302 g/mol. The van der Waals surface area contributed by atoms with Crippen molar-refractivity contribution in [3.63, 3.8) is 0 Å². The highest BCUT2D eigenvalue weighted by Gasteiger charge is 2.09. The first-order chi connectivity index (χ1) is 10.2. The van der Waals surface area contributed by atoms with Crippen molar-refractivity contribution in [2.45, 2.75) is 9.10 Å². The van der Waals surface area contributed by atoms with Gasteiger partial charge in [0.25, 0.3) is 5.69 Å². The molecule has 0 bridgehead atoms. The second-order valence-electron chi connectivity index (χ2n) is 4.34. The number of non-ortho nitro benzene ring substituents is 1. The maximum Gasteiger partial charge on any atom is 0.270 e. The van der Waals surface area contributed by atoms with Gasteiger partial charge in [-0.1, -0.05) is 42.1 Å². The standard InChI is InChI=1S/C16H11NO2S2/c18-17(19)13-6-4-5-12(11-13)15-9-10-16(21-15)20-14-7-2-1-3-8-14/h1-11H. The van der Waals surface area contributed by atoms with Gasteiger partial charge >= 0.3 is 0 Å². The van der Waals surface area contributed by atoms with Crippen LogP contribution in [0.25, 0.3) is 10.4 Å². The van der Waals surface area contributed by atoms with Crippen LogP contribution in [0.4, 0.5) is 5.69 Å². The van der Waals surface area contributed by atoms with Gasteiger partial charge in [0.1, 0.15) is 0 Å². The minimum atomic E-state index is -0.364. The van der Waals surface area contributed by atoms with Crippen LogP contribution in [0.2, 0.25) is 0 Å². The molecule has 3 aromatic rings. The lowest BCUT2D eigenvalue weighted by Gasteiger charge is -1.98. The summed E-state index contributed by atoms with van der Waals surface area (Å²) in [6.07, 6.45) is 0. The molecule has 2 aromatic carbocycles. The Morgan fingerprint density at radius 1 is 0.952 bits per heavy atom. The van der Waals surface area contributed by atoms with Crippen LogP contribution in [0.15, 0.2) is 75.8 Å². The zero-order chi connectivity index (χ0) is 14.7. The molecule has 0 atom stereocenters. The van der Waals surface area contributed by atoms with Crippen molar-refractivity contribution < 1.29 is 4.92 Å². The quantitative estimate of drug-likeness (QED) is 0.473. The van der Waals surface area contributed by atoms with Crippen molar-refractivity contribution in [3.05, 3.63) is 76.8 Å². The Kier molecular flexibility index (Phi) is 4.03. The SMILES string of the molecule is O=[N+]([O-])c1cccc(-c2ccc(Sc3ccccc3)s2)c1. The van der Waals surface area contributed by atoms with E-state index in [4.69, 9.17) is 0 Å². The number of thiophene rings is 1. The molecule has 0 spiro atoms. The van der Waals surface area contributed by atoms with E-state index in [1.807, 2.05) is 30.3 Å². The van der Waals surface area contributed by atoms with E-state index in [0.29, 0.717) is 0 Å². The number of benzene rings is 2. The molecule has 21 heavy (non-hydrogen) atoms. The Bertz CT molecular complexity index is 769. The molecule has 0 aliphatic carbocycles. The molecule has 0 saturated carbocycles. The molecule has 0 saturated heterocycles. The molecule has 0 fully saturated rings. The van der Waals surface area contributed by atoms with Crippen LogP contribution in [0.3, 0.4) is 0 Å². The summed E-state index contributed by atoms with van der Waals surface area (Å²) in [5.41, 5.74) is 1.01. The highest BCUT2D eigenvalue weighted by Crippen LogP contribution is 2.38. The average molecular weight is 313 g/mol. The van der Waals surface area contributed by atoms with Crippen molar-refractivity contribution in [1.82, 2.24) is 0 Å². The topological polar surface area (TPSA) is 43.1 Å². The Morgan fingerprint density at radius 3 is 2.52 bits per heavy atom. The van der Waals surface area contributed by atoms with Gasteiger partial charge in [0.2, 0.25) is 0 Å². The predicted octanol–water partition coefficient (Wildman–Crippen LogP) is 5.47. The molecule has 0 amide bonds. The minimum absolute atomic E-state index is 0.123. The summed E-state index contributed by atoms with van der Waals surface area (Å²) < 4.78 is 1.17. The molecule has 0 unspecified atom stereocenters. The molecule has 3 rings (SSSR count). The Hall–Kier alpha value is -2.11. The Balaban J connectivity index is 1.85. The lowest BCUT2D eigenvalue weighted by Crippen LogP contribution is -1.87. The van der Waals surface area contributed by atoms with Crippen molar-refractivity contribution in [1.29, 1.82) is 0 Å². The molecule has 0 N–H and O–H groups in total. The van der Waals surface area contributed by atoms with Crippen molar-refractivity contribution in [2.75, 3.05) is 0 Å². The molecule has 0 radical (unpaired) electrons. The number of nitro groups is 1. The van der Waals surface area contributed by atoms with Crippen LogP contribution in [-0.2, 0) is 0 Å². The van der Waals surface area contributed by atoms with E-state index in [1.165, 1.54) is 15.2 Å². The largest absolute Gasteiger partial charge is 0.270 e. The summed E-state index contributed by atoms with van der Waals surface area (Å²) in [5.74, 6) is 0. The van der Waals surface area contributed by atoms with Gasteiger partial charge in [-0.2, -0.15) is 0 Å². The van der Waals surface area contributed by atoms with Crippen LogP contribution in [0.1, 0.15) is 0 Å². The fraction of sp³-hybridized carbons (Fsp3) is 0. The summed E-state index contributed by atoms with van der Waals surface area (Å²) in [4.78, 5) is 12.7. The number of nitro benzene ring substituents is 1. The van der Waals surface area contributed by atoms with Crippen molar-refractivity contribution in [2.24, 2.45) is 0 Å². The second kappa shape index (κ2) is 6.11. The van der Waals surface area contributed by atoms with Gasteiger partial charge in [-0.15, -0.1) is 11.3 Å². The molecule has 0 aliphatic rings. The lowest BCUT2D eigenvalue weighted by atomic mass is 10.2. The lowest BCUT2D eigenvalue weighted by molar-refractivity contribution is -0.384. The fourth-order valence-electron chi connectivity index (χ4n) is 1.91. The molecule has 3 nitrogen and oxygen atoms in total. The maximum atomic E-state index is 10.8. The summed E-state index contributed by atoms with van der Waals surface area (Å²) in [6.45, 7) is 0. The van der Waals surface area contributed by atoms with Gasteiger partial charge < -0.3 is 0 Å². The smallest absolute Gasteiger partial charge is 0.258 e. The van der Waals surface area contributed by atoms with E-state index in [-0.39, 0.29) is 10.6 Å². The van der Waals surface area contributed by atoms with E-state index < -0.39 is 0 Å². The molecule has 1 heterocycles. The predicted molar refractivity (Wildman–Crippen MR) is 87.0 cm³/mol. The first kappa shape index (κ1) is 13.9. The summed E-state index contributed by atoms with van der Waals surface area (Å²) >= 11 is 3.34. The second-order valence-corrected chi connectivity index (χ2v) is 6.80. The number of nitrogens with zero attached hydrogens (tertiary/aromatic N) is 1. The van der Waals surface area contributed by atoms with E-state index in [2.05, 4.69) is 18.2 Å². The highest BCUT2D eigenvalue weighted by molar-refractivity contribution is 8.01. The maximum absolute atomic E-state index is 10.8. The normalized spacial score (nSPS) is 10.5. The summed E-state index contributed by atoms with van der Waals surface area (Å²) in [7, 11) is 0. The van der Waals surface area contributed by atoms with E-state index >= 15 is 0 Å². The fourth-order valence-corrected chi connectivity index (χ4v) is 4.03. The van der Waals surface area contributed by atoms with Crippen molar-refractivity contribution in [3.8, 4) is 10.4 Å². The first-order valence-electron chi connectivity index (χ1n) is 6.30. The third kappa shape index (κ3) is 3.32. The molecule has 1 aromatic heterocycles. The van der Waals surface area contributed by atoms with Crippen LogP contribution in [-0.4, -0.2) is 4.92 Å². The van der Waals surface area contributed by atoms with Crippen LogP contribution in [0.5, 0.6) is 0 Å².